The van der Waals surface area contributed by atoms with Crippen LogP contribution in [-0.4, -0.2) is 24.6 Å². The van der Waals surface area contributed by atoms with Gasteiger partial charge in [0, 0.05) is 24.2 Å². The zero-order chi connectivity index (χ0) is 14.4. The summed E-state index contributed by atoms with van der Waals surface area (Å²) in [5, 5.41) is 4.41. The van der Waals surface area contributed by atoms with Gasteiger partial charge in [-0.15, -0.1) is 0 Å². The van der Waals surface area contributed by atoms with E-state index in [4.69, 9.17) is 0 Å². The summed E-state index contributed by atoms with van der Waals surface area (Å²) < 4.78 is 1.69. The second kappa shape index (κ2) is 4.41. The van der Waals surface area contributed by atoms with E-state index in [1.165, 1.54) is 12.6 Å². The molecule has 0 amide bonds. The molecular weight excluding hydrogens is 270 g/mol. The molecule has 3 heterocycles. The molecule has 1 saturated carbocycles. The monoisotopic (exact) mass is 283 g/mol. The second-order valence-corrected chi connectivity index (χ2v) is 5.29. The van der Waals surface area contributed by atoms with Gasteiger partial charge in [-0.1, -0.05) is 6.42 Å². The van der Waals surface area contributed by atoms with E-state index in [-0.39, 0.29) is 0 Å². The summed E-state index contributed by atoms with van der Waals surface area (Å²) in [6.07, 6.45) is 8.35. The van der Waals surface area contributed by atoms with Gasteiger partial charge < -0.3 is 4.98 Å². The second-order valence-electron chi connectivity index (χ2n) is 5.29. The van der Waals surface area contributed by atoms with Crippen LogP contribution in [-0.2, 0) is 0 Å². The van der Waals surface area contributed by atoms with E-state index in [0.717, 1.165) is 24.1 Å². The predicted octanol–water partition coefficient (Wildman–Crippen LogP) is 1.04. The van der Waals surface area contributed by atoms with Gasteiger partial charge in [0.15, 0.2) is 5.65 Å². The van der Waals surface area contributed by atoms with Crippen LogP contribution in [0.25, 0.3) is 16.9 Å². The van der Waals surface area contributed by atoms with Crippen LogP contribution >= 0.6 is 0 Å². The Morgan fingerprint density at radius 2 is 2.14 bits per heavy atom. The van der Waals surface area contributed by atoms with Gasteiger partial charge in [-0.05, 0) is 24.8 Å². The van der Waals surface area contributed by atoms with Crippen LogP contribution in [0.5, 0.6) is 0 Å². The number of imidazole rings is 1. The summed E-state index contributed by atoms with van der Waals surface area (Å²) in [4.78, 5) is 32.1. The number of H-pyrrole nitrogens is 2. The Balaban J connectivity index is 1.96. The maximum absolute atomic E-state index is 11.9. The summed E-state index contributed by atoms with van der Waals surface area (Å²) in [6.45, 7) is 0. The van der Waals surface area contributed by atoms with Crippen LogP contribution in [0.1, 0.15) is 30.7 Å². The molecule has 7 nitrogen and oxygen atoms in total. The number of rotatable bonds is 2. The van der Waals surface area contributed by atoms with Crippen molar-refractivity contribution in [2.45, 2.75) is 25.2 Å². The lowest BCUT2D eigenvalue weighted by atomic mass is 9.80. The zero-order valence-electron chi connectivity index (χ0n) is 11.2. The molecule has 0 spiro atoms. The van der Waals surface area contributed by atoms with Gasteiger partial charge in [-0.2, -0.15) is 5.10 Å². The summed E-state index contributed by atoms with van der Waals surface area (Å²) in [7, 11) is 0. The Morgan fingerprint density at radius 3 is 2.86 bits per heavy atom. The molecule has 0 unspecified atom stereocenters. The molecule has 3 aromatic heterocycles. The Morgan fingerprint density at radius 1 is 1.29 bits per heavy atom. The number of nitrogens with zero attached hydrogens (tertiary/aromatic N) is 3. The minimum absolute atomic E-state index is 0.353. The summed E-state index contributed by atoms with van der Waals surface area (Å²) in [5.41, 5.74) is 1.88. The van der Waals surface area contributed by atoms with E-state index in [2.05, 4.69) is 20.1 Å². The first-order valence-corrected chi connectivity index (χ1v) is 6.89. The average molecular weight is 283 g/mol. The average Bonchev–Trinajstić information content (AvgIpc) is 2.84. The molecule has 0 aliphatic heterocycles. The first kappa shape index (κ1) is 12.1. The van der Waals surface area contributed by atoms with Crippen LogP contribution in [0, 0.1) is 0 Å². The largest absolute Gasteiger partial charge is 0.325 e. The highest BCUT2D eigenvalue weighted by Crippen LogP contribution is 2.38. The van der Waals surface area contributed by atoms with Crippen molar-refractivity contribution in [3.8, 4) is 11.3 Å². The number of aromatic nitrogens is 5. The van der Waals surface area contributed by atoms with Gasteiger partial charge in [0.1, 0.15) is 0 Å². The van der Waals surface area contributed by atoms with E-state index >= 15 is 0 Å². The van der Waals surface area contributed by atoms with Gasteiger partial charge in [0.2, 0.25) is 0 Å². The van der Waals surface area contributed by atoms with E-state index < -0.39 is 11.2 Å². The Bertz CT molecular complexity index is 932. The normalized spacial score (nSPS) is 15.2. The van der Waals surface area contributed by atoms with Crippen LogP contribution in [0.15, 0.2) is 34.2 Å². The molecule has 0 radical (unpaired) electrons. The van der Waals surface area contributed by atoms with Crippen molar-refractivity contribution < 1.29 is 0 Å². The smallest absolute Gasteiger partial charge is 0.313 e. The molecule has 21 heavy (non-hydrogen) atoms. The van der Waals surface area contributed by atoms with E-state index in [1.54, 1.807) is 16.9 Å². The fourth-order valence-corrected chi connectivity index (χ4v) is 2.69. The highest BCUT2D eigenvalue weighted by Gasteiger charge is 2.24. The number of hydrogen-bond donors (Lipinski definition) is 2. The van der Waals surface area contributed by atoms with Crippen LogP contribution in [0.4, 0.5) is 0 Å². The third kappa shape index (κ3) is 1.89. The SMILES string of the molecule is O=c1[nH]cc(-c2cc(C3CCC3)c3nccn3n2)c(=O)[nH]1. The molecule has 0 aromatic carbocycles. The summed E-state index contributed by atoms with van der Waals surface area (Å²) in [5.74, 6) is 0.471. The predicted molar refractivity (Wildman–Crippen MR) is 76.3 cm³/mol. The van der Waals surface area contributed by atoms with Gasteiger partial charge in [0.25, 0.3) is 5.56 Å². The first-order chi connectivity index (χ1) is 10.2. The third-order valence-electron chi connectivity index (χ3n) is 4.03. The minimum Gasteiger partial charge on any atom is -0.313 e. The lowest BCUT2D eigenvalue weighted by Crippen LogP contribution is -2.23. The van der Waals surface area contributed by atoms with Crippen molar-refractivity contribution >= 4 is 5.65 Å². The maximum Gasteiger partial charge on any atom is 0.325 e. The van der Waals surface area contributed by atoms with Crippen LogP contribution in [0.3, 0.4) is 0 Å². The fourth-order valence-electron chi connectivity index (χ4n) is 2.69. The van der Waals surface area contributed by atoms with Crippen molar-refractivity contribution in [3.05, 3.63) is 51.1 Å². The van der Waals surface area contributed by atoms with Gasteiger partial charge >= 0.3 is 5.69 Å². The van der Waals surface area contributed by atoms with Crippen molar-refractivity contribution in [1.82, 2.24) is 24.6 Å². The van der Waals surface area contributed by atoms with Gasteiger partial charge in [-0.25, -0.2) is 14.3 Å². The number of nitrogens with one attached hydrogen (secondary N) is 2. The Kier molecular flexibility index (Phi) is 2.53. The highest BCUT2D eigenvalue weighted by molar-refractivity contribution is 5.62. The Labute approximate surface area is 118 Å². The van der Waals surface area contributed by atoms with Crippen LogP contribution in [0.2, 0.25) is 0 Å². The quantitative estimate of drug-likeness (QED) is 0.734. The molecular formula is C14H13N5O2. The highest BCUT2D eigenvalue weighted by atomic mass is 16.2. The first-order valence-electron chi connectivity index (χ1n) is 6.89. The lowest BCUT2D eigenvalue weighted by molar-refractivity contribution is 0.420. The Hall–Kier alpha value is -2.70. The number of hydrogen-bond acceptors (Lipinski definition) is 4. The molecule has 0 bridgehead atoms. The van der Waals surface area contributed by atoms with E-state index in [1.807, 2.05) is 6.07 Å². The number of fused-ring (bicyclic) bond motifs is 1. The topological polar surface area (TPSA) is 95.9 Å². The molecule has 2 N–H and O–H groups in total. The zero-order valence-corrected chi connectivity index (χ0v) is 11.2. The standard InChI is InChI=1S/C14H13N5O2/c20-13-10(7-16-14(21)17-13)11-6-9(8-2-1-3-8)12-15-4-5-19(12)18-11/h4-8H,1-3H2,(H2,16,17,20,21). The summed E-state index contributed by atoms with van der Waals surface area (Å²) >= 11 is 0. The van der Waals surface area contributed by atoms with Crippen molar-refractivity contribution in [3.63, 3.8) is 0 Å². The lowest BCUT2D eigenvalue weighted by Gasteiger charge is -2.26. The van der Waals surface area contributed by atoms with Gasteiger partial charge in [0.05, 0.1) is 11.3 Å². The molecule has 4 rings (SSSR count). The molecule has 1 aliphatic carbocycles. The molecule has 1 fully saturated rings. The fraction of sp³-hybridized carbons (Fsp3) is 0.286. The molecule has 1 aliphatic rings. The summed E-state index contributed by atoms with van der Waals surface area (Å²) in [6, 6.07) is 1.91. The number of aromatic amines is 2. The molecule has 0 atom stereocenters. The third-order valence-corrected chi connectivity index (χ3v) is 4.03. The molecule has 3 aromatic rings. The molecule has 7 heteroatoms. The van der Waals surface area contributed by atoms with Crippen molar-refractivity contribution in [1.29, 1.82) is 0 Å². The van der Waals surface area contributed by atoms with Crippen molar-refractivity contribution in [2.24, 2.45) is 0 Å². The minimum atomic E-state index is -0.522. The molecule has 0 saturated heterocycles. The van der Waals surface area contributed by atoms with E-state index in [0.29, 0.717) is 17.2 Å². The van der Waals surface area contributed by atoms with Crippen molar-refractivity contribution in [2.75, 3.05) is 0 Å². The maximum atomic E-state index is 11.9. The van der Waals surface area contributed by atoms with Gasteiger partial charge in [-0.3, -0.25) is 9.78 Å². The molecule has 106 valence electrons. The van der Waals surface area contributed by atoms with Crippen LogP contribution < -0.4 is 11.2 Å². The van der Waals surface area contributed by atoms with E-state index in [9.17, 15) is 9.59 Å².